The van der Waals surface area contributed by atoms with Gasteiger partial charge in [-0.25, -0.2) is 13.9 Å². The molecule has 21 heavy (non-hydrogen) atoms. The first-order valence-corrected chi connectivity index (χ1v) is 8.50. The third kappa shape index (κ3) is 3.55. The van der Waals surface area contributed by atoms with Crippen LogP contribution in [-0.2, 0) is 14.9 Å². The largest absolute Gasteiger partial charge is 0.276 e. The number of hydrogen-bond acceptors (Lipinski definition) is 4. The number of benzene rings is 1. The highest BCUT2D eigenvalue weighted by atomic mass is 35.5. The van der Waals surface area contributed by atoms with Crippen molar-refractivity contribution in [3.63, 3.8) is 0 Å². The summed E-state index contributed by atoms with van der Waals surface area (Å²) >= 11 is 5.95. The Bertz CT molecular complexity index is 627. The van der Waals surface area contributed by atoms with Crippen LogP contribution in [0.15, 0.2) is 23.1 Å². The fourth-order valence-electron chi connectivity index (χ4n) is 2.11. The molecule has 1 aliphatic rings. The number of rotatable bonds is 5. The molecular weight excluding hydrogens is 316 g/mol. The lowest BCUT2D eigenvalue weighted by molar-refractivity contribution is 0.0364. The quantitative estimate of drug-likeness (QED) is 0.834. The van der Waals surface area contributed by atoms with Crippen molar-refractivity contribution in [2.45, 2.75) is 24.7 Å². The molecule has 0 unspecified atom stereocenters. The molecule has 0 saturated carbocycles. The summed E-state index contributed by atoms with van der Waals surface area (Å²) in [6.07, 6.45) is 1.70. The second kappa shape index (κ2) is 6.74. The molecule has 1 saturated heterocycles. The van der Waals surface area contributed by atoms with Gasteiger partial charge < -0.3 is 0 Å². The minimum atomic E-state index is -3.58. The third-order valence-electron chi connectivity index (χ3n) is 3.19. The maximum atomic E-state index is 12.5. The molecule has 1 heterocycles. The molecule has 1 aliphatic heterocycles. The monoisotopic (exact) mass is 332 g/mol. The van der Waals surface area contributed by atoms with Gasteiger partial charge in [0.15, 0.2) is 0 Å². The van der Waals surface area contributed by atoms with Crippen LogP contribution in [0, 0.1) is 0 Å². The molecule has 116 valence electrons. The molecule has 0 aromatic heterocycles. The Morgan fingerprint density at radius 1 is 1.38 bits per heavy atom. The van der Waals surface area contributed by atoms with E-state index >= 15 is 0 Å². The topological polar surface area (TPSA) is 75.7 Å². The van der Waals surface area contributed by atoms with Crippen molar-refractivity contribution in [1.29, 1.82) is 0 Å². The molecule has 0 radical (unpaired) electrons. The van der Waals surface area contributed by atoms with Crippen LogP contribution in [0.25, 0.3) is 0 Å². The van der Waals surface area contributed by atoms with Crippen LogP contribution in [0.3, 0.4) is 0 Å². The number of sulfonamides is 1. The van der Waals surface area contributed by atoms with Crippen molar-refractivity contribution in [3.8, 4) is 0 Å². The predicted octanol–water partition coefficient (Wildman–Crippen LogP) is 1.81. The van der Waals surface area contributed by atoms with E-state index in [0.29, 0.717) is 19.7 Å². The molecule has 0 bridgehead atoms. The van der Waals surface area contributed by atoms with Gasteiger partial charge in [-0.3, -0.25) is 9.63 Å². The maximum Gasteiger partial charge on any atom is 0.276 e. The van der Waals surface area contributed by atoms with Gasteiger partial charge in [-0.15, -0.1) is 0 Å². The van der Waals surface area contributed by atoms with Gasteiger partial charge in [0.25, 0.3) is 5.91 Å². The van der Waals surface area contributed by atoms with E-state index in [-0.39, 0.29) is 15.5 Å². The molecule has 6 nitrogen and oxygen atoms in total. The van der Waals surface area contributed by atoms with Crippen LogP contribution in [0.4, 0.5) is 0 Å². The highest BCUT2D eigenvalue weighted by molar-refractivity contribution is 7.89. The summed E-state index contributed by atoms with van der Waals surface area (Å²) < 4.78 is 26.3. The molecular formula is C13H17ClN2O4S. The Labute approximate surface area is 129 Å². The number of halogens is 1. The van der Waals surface area contributed by atoms with Gasteiger partial charge in [-0.1, -0.05) is 11.6 Å². The standard InChI is InChI=1S/C13H17ClN2O4S/c1-2-20-15-13(17)11-9-10(5-6-12(11)14)21(18,19)16-7-3-4-8-16/h5-6,9H,2-4,7-8H2,1H3,(H,15,17). The van der Waals surface area contributed by atoms with Gasteiger partial charge in [-0.05, 0) is 38.0 Å². The van der Waals surface area contributed by atoms with Crippen LogP contribution < -0.4 is 5.48 Å². The van der Waals surface area contributed by atoms with E-state index in [1.54, 1.807) is 6.92 Å². The summed E-state index contributed by atoms with van der Waals surface area (Å²) in [7, 11) is -3.58. The Morgan fingerprint density at radius 2 is 2.05 bits per heavy atom. The maximum absolute atomic E-state index is 12.5. The van der Waals surface area contributed by atoms with E-state index in [2.05, 4.69) is 5.48 Å². The van der Waals surface area contributed by atoms with E-state index in [1.165, 1.54) is 22.5 Å². The molecule has 1 aromatic rings. The lowest BCUT2D eigenvalue weighted by Crippen LogP contribution is -2.28. The summed E-state index contributed by atoms with van der Waals surface area (Å²) in [4.78, 5) is 16.8. The van der Waals surface area contributed by atoms with Crippen LogP contribution in [0.5, 0.6) is 0 Å². The average Bonchev–Trinajstić information content (AvgIpc) is 3.00. The van der Waals surface area contributed by atoms with Crippen LogP contribution in [-0.4, -0.2) is 38.3 Å². The van der Waals surface area contributed by atoms with Crippen LogP contribution >= 0.6 is 11.6 Å². The van der Waals surface area contributed by atoms with Gasteiger partial charge in [-0.2, -0.15) is 4.31 Å². The number of carbonyl (C=O) groups excluding carboxylic acids is 1. The van der Waals surface area contributed by atoms with Crippen molar-refractivity contribution in [1.82, 2.24) is 9.79 Å². The number of hydrogen-bond donors (Lipinski definition) is 1. The second-order valence-electron chi connectivity index (χ2n) is 4.62. The number of carbonyl (C=O) groups is 1. The first-order chi connectivity index (χ1) is 9.96. The first kappa shape index (κ1) is 16.2. The molecule has 0 spiro atoms. The lowest BCUT2D eigenvalue weighted by Gasteiger charge is -2.16. The molecule has 0 atom stereocenters. The minimum absolute atomic E-state index is 0.0652. The zero-order chi connectivity index (χ0) is 15.5. The van der Waals surface area contributed by atoms with Gasteiger partial charge in [0.1, 0.15) is 0 Å². The molecule has 1 amide bonds. The summed E-state index contributed by atoms with van der Waals surface area (Å²) in [5.74, 6) is -0.569. The molecule has 8 heteroatoms. The van der Waals surface area contributed by atoms with Gasteiger partial charge in [0.05, 0.1) is 22.1 Å². The van der Waals surface area contributed by atoms with Crippen molar-refractivity contribution >= 4 is 27.5 Å². The van der Waals surface area contributed by atoms with E-state index in [9.17, 15) is 13.2 Å². The smallest absolute Gasteiger partial charge is 0.274 e. The summed E-state index contributed by atoms with van der Waals surface area (Å²) in [5, 5.41) is 0.174. The van der Waals surface area contributed by atoms with E-state index < -0.39 is 15.9 Å². The average molecular weight is 333 g/mol. The van der Waals surface area contributed by atoms with E-state index in [4.69, 9.17) is 16.4 Å². The SMILES string of the molecule is CCONC(=O)c1cc(S(=O)(=O)N2CCCC2)ccc1Cl. The Balaban J connectivity index is 2.31. The number of amides is 1. The fraction of sp³-hybridized carbons (Fsp3) is 0.462. The van der Waals surface area contributed by atoms with Crippen molar-refractivity contribution in [2.75, 3.05) is 19.7 Å². The zero-order valence-corrected chi connectivity index (χ0v) is 13.2. The summed E-state index contributed by atoms with van der Waals surface area (Å²) in [6, 6.07) is 4.10. The first-order valence-electron chi connectivity index (χ1n) is 6.68. The highest BCUT2D eigenvalue weighted by Gasteiger charge is 2.28. The van der Waals surface area contributed by atoms with Gasteiger partial charge >= 0.3 is 0 Å². The Hall–Kier alpha value is -1.15. The molecule has 0 aliphatic carbocycles. The third-order valence-corrected chi connectivity index (χ3v) is 5.42. The summed E-state index contributed by atoms with van der Waals surface area (Å²) in [6.45, 7) is 3.03. The van der Waals surface area contributed by atoms with Crippen molar-refractivity contribution in [3.05, 3.63) is 28.8 Å². The highest BCUT2D eigenvalue weighted by Crippen LogP contribution is 2.25. The lowest BCUT2D eigenvalue weighted by atomic mass is 10.2. The Morgan fingerprint density at radius 3 is 2.67 bits per heavy atom. The van der Waals surface area contributed by atoms with E-state index in [1.807, 2.05) is 0 Å². The predicted molar refractivity (Wildman–Crippen MR) is 78.5 cm³/mol. The molecule has 1 fully saturated rings. The normalized spacial score (nSPS) is 16.1. The number of nitrogens with zero attached hydrogens (tertiary/aromatic N) is 1. The van der Waals surface area contributed by atoms with E-state index in [0.717, 1.165) is 12.8 Å². The number of nitrogens with one attached hydrogen (secondary N) is 1. The molecule has 1 aromatic carbocycles. The summed E-state index contributed by atoms with van der Waals surface area (Å²) in [5.41, 5.74) is 2.28. The minimum Gasteiger partial charge on any atom is -0.274 e. The zero-order valence-electron chi connectivity index (χ0n) is 11.6. The van der Waals surface area contributed by atoms with Crippen LogP contribution in [0.2, 0.25) is 5.02 Å². The number of hydroxylamine groups is 1. The van der Waals surface area contributed by atoms with Crippen molar-refractivity contribution in [2.24, 2.45) is 0 Å². The Kier molecular flexibility index (Phi) is 5.21. The second-order valence-corrected chi connectivity index (χ2v) is 6.96. The molecule has 1 N–H and O–H groups in total. The van der Waals surface area contributed by atoms with Gasteiger partial charge in [0, 0.05) is 13.1 Å². The van der Waals surface area contributed by atoms with Gasteiger partial charge in [0.2, 0.25) is 10.0 Å². The van der Waals surface area contributed by atoms with Crippen molar-refractivity contribution < 1.29 is 18.0 Å². The van der Waals surface area contributed by atoms with Crippen LogP contribution in [0.1, 0.15) is 30.1 Å². The fourth-order valence-corrected chi connectivity index (χ4v) is 3.86. The molecule has 2 rings (SSSR count).